The SMILES string of the molecule is COC(=O)c1ncsc1S(=O)(=O)NC1COC1. The number of carbonyl (C=O) groups is 1. The number of nitrogens with zero attached hydrogens (tertiary/aromatic N) is 1. The highest BCUT2D eigenvalue weighted by molar-refractivity contribution is 7.91. The van der Waals surface area contributed by atoms with Gasteiger partial charge in [-0.2, -0.15) is 0 Å². The summed E-state index contributed by atoms with van der Waals surface area (Å²) in [6.45, 7) is 0.678. The van der Waals surface area contributed by atoms with Crippen LogP contribution in [0.1, 0.15) is 10.5 Å². The van der Waals surface area contributed by atoms with E-state index in [4.69, 9.17) is 4.74 Å². The van der Waals surface area contributed by atoms with E-state index >= 15 is 0 Å². The smallest absolute Gasteiger partial charge is 0.358 e. The van der Waals surface area contributed by atoms with Crippen LogP contribution in [-0.2, 0) is 19.5 Å². The number of aromatic nitrogens is 1. The predicted molar refractivity (Wildman–Crippen MR) is 58.4 cm³/mol. The summed E-state index contributed by atoms with van der Waals surface area (Å²) in [6.07, 6.45) is 0. The van der Waals surface area contributed by atoms with Crippen LogP contribution < -0.4 is 4.72 Å². The molecule has 1 fully saturated rings. The molecule has 0 spiro atoms. The minimum Gasteiger partial charge on any atom is -0.464 e. The Morgan fingerprint density at radius 3 is 2.88 bits per heavy atom. The van der Waals surface area contributed by atoms with Crippen molar-refractivity contribution < 1.29 is 22.7 Å². The molecule has 0 amide bonds. The summed E-state index contributed by atoms with van der Waals surface area (Å²) in [6, 6.07) is -0.243. The summed E-state index contributed by atoms with van der Waals surface area (Å²) in [4.78, 5) is 15.0. The van der Waals surface area contributed by atoms with Gasteiger partial charge in [0.05, 0.1) is 31.9 Å². The van der Waals surface area contributed by atoms with Gasteiger partial charge in [0.2, 0.25) is 0 Å². The third kappa shape index (κ3) is 2.46. The Hall–Kier alpha value is -1.03. The van der Waals surface area contributed by atoms with Crippen molar-refractivity contribution in [2.75, 3.05) is 20.3 Å². The van der Waals surface area contributed by atoms with E-state index in [0.717, 1.165) is 11.3 Å². The van der Waals surface area contributed by atoms with E-state index in [1.807, 2.05) is 0 Å². The standard InChI is InChI=1S/C8H10N2O5S2/c1-14-7(11)6-8(16-4-9-6)17(12,13)10-5-2-15-3-5/h4-5,10H,2-3H2,1H3. The number of methoxy groups -OCH3 is 1. The summed E-state index contributed by atoms with van der Waals surface area (Å²) >= 11 is 0.874. The van der Waals surface area contributed by atoms with Crippen molar-refractivity contribution in [2.45, 2.75) is 10.3 Å². The van der Waals surface area contributed by atoms with Gasteiger partial charge in [-0.05, 0) is 0 Å². The highest BCUT2D eigenvalue weighted by atomic mass is 32.2. The average Bonchev–Trinajstić information content (AvgIpc) is 2.72. The molecule has 0 unspecified atom stereocenters. The lowest BCUT2D eigenvalue weighted by atomic mass is 10.3. The fourth-order valence-electron chi connectivity index (χ4n) is 1.24. The number of sulfonamides is 1. The van der Waals surface area contributed by atoms with Crippen molar-refractivity contribution in [1.29, 1.82) is 0 Å². The molecule has 1 aliphatic rings. The average molecular weight is 278 g/mol. The Labute approximate surface area is 102 Å². The minimum atomic E-state index is -3.74. The lowest BCUT2D eigenvalue weighted by Gasteiger charge is -2.26. The molecule has 7 nitrogen and oxygen atoms in total. The molecular weight excluding hydrogens is 268 g/mol. The molecule has 0 bridgehead atoms. The normalized spacial score (nSPS) is 16.5. The molecule has 1 saturated heterocycles. The summed E-state index contributed by atoms with van der Waals surface area (Å²) in [5.74, 6) is -0.767. The van der Waals surface area contributed by atoms with Crippen LogP contribution in [0.5, 0.6) is 0 Å². The van der Waals surface area contributed by atoms with Gasteiger partial charge in [0.25, 0.3) is 10.0 Å². The van der Waals surface area contributed by atoms with Crippen molar-refractivity contribution in [1.82, 2.24) is 9.71 Å². The minimum absolute atomic E-state index is 0.128. The molecule has 1 aliphatic heterocycles. The second kappa shape index (κ2) is 4.69. The number of carbonyl (C=O) groups excluding carboxylic acids is 1. The second-order valence-electron chi connectivity index (χ2n) is 3.34. The molecule has 2 rings (SSSR count). The molecule has 0 aliphatic carbocycles. The number of hydrogen-bond acceptors (Lipinski definition) is 7. The Kier molecular flexibility index (Phi) is 3.43. The molecule has 2 heterocycles. The first kappa shape index (κ1) is 12.4. The molecule has 0 atom stereocenters. The van der Waals surface area contributed by atoms with Crippen LogP contribution in [0.2, 0.25) is 0 Å². The van der Waals surface area contributed by atoms with Crippen LogP contribution >= 0.6 is 11.3 Å². The van der Waals surface area contributed by atoms with E-state index < -0.39 is 16.0 Å². The lowest BCUT2D eigenvalue weighted by Crippen LogP contribution is -2.48. The van der Waals surface area contributed by atoms with Crippen molar-refractivity contribution >= 4 is 27.3 Å². The number of nitrogens with one attached hydrogen (secondary N) is 1. The lowest BCUT2D eigenvalue weighted by molar-refractivity contribution is 0.00483. The van der Waals surface area contributed by atoms with Crippen LogP contribution in [0.3, 0.4) is 0 Å². The van der Waals surface area contributed by atoms with Gasteiger partial charge in [0.15, 0.2) is 9.90 Å². The molecule has 1 aromatic heterocycles. The summed E-state index contributed by atoms with van der Waals surface area (Å²) in [7, 11) is -2.57. The number of hydrogen-bond donors (Lipinski definition) is 1. The Balaban J connectivity index is 2.26. The van der Waals surface area contributed by atoms with Crippen molar-refractivity contribution in [3.63, 3.8) is 0 Å². The summed E-state index contributed by atoms with van der Waals surface area (Å²) < 4.78 is 35.5. The number of rotatable bonds is 4. The second-order valence-corrected chi connectivity index (χ2v) is 6.10. The van der Waals surface area contributed by atoms with Crippen LogP contribution in [0.15, 0.2) is 9.72 Å². The monoisotopic (exact) mass is 278 g/mol. The van der Waals surface area contributed by atoms with E-state index in [9.17, 15) is 13.2 Å². The molecule has 1 aromatic rings. The van der Waals surface area contributed by atoms with Crippen LogP contribution in [0.4, 0.5) is 0 Å². The van der Waals surface area contributed by atoms with Gasteiger partial charge in [-0.25, -0.2) is 22.9 Å². The van der Waals surface area contributed by atoms with E-state index in [0.29, 0.717) is 13.2 Å². The highest BCUT2D eigenvalue weighted by Gasteiger charge is 2.31. The molecule has 0 aromatic carbocycles. The summed E-state index contributed by atoms with van der Waals surface area (Å²) in [5.41, 5.74) is 1.10. The summed E-state index contributed by atoms with van der Waals surface area (Å²) in [5, 5.41) is 0. The zero-order valence-electron chi connectivity index (χ0n) is 8.87. The highest BCUT2D eigenvalue weighted by Crippen LogP contribution is 2.21. The first-order valence-corrected chi connectivity index (χ1v) is 7.03. The van der Waals surface area contributed by atoms with Crippen molar-refractivity contribution in [3.8, 4) is 0 Å². The van der Waals surface area contributed by atoms with E-state index in [1.165, 1.54) is 12.6 Å². The third-order valence-electron chi connectivity index (χ3n) is 2.12. The van der Waals surface area contributed by atoms with Crippen molar-refractivity contribution in [2.24, 2.45) is 0 Å². The maximum Gasteiger partial charge on any atom is 0.358 e. The van der Waals surface area contributed by atoms with Gasteiger partial charge in [-0.1, -0.05) is 0 Å². The van der Waals surface area contributed by atoms with Gasteiger partial charge in [-0.15, -0.1) is 11.3 Å². The van der Waals surface area contributed by atoms with E-state index in [1.54, 1.807) is 0 Å². The zero-order chi connectivity index (χ0) is 12.5. The third-order valence-corrected chi connectivity index (χ3v) is 5.01. The van der Waals surface area contributed by atoms with Crippen LogP contribution in [-0.4, -0.2) is 45.7 Å². The predicted octanol–water partition coefficient (Wildman–Crippen LogP) is -0.393. The number of thiazole rings is 1. The maximum absolute atomic E-state index is 11.9. The molecule has 1 N–H and O–H groups in total. The number of ether oxygens (including phenoxy) is 2. The fraction of sp³-hybridized carbons (Fsp3) is 0.500. The van der Waals surface area contributed by atoms with E-state index in [-0.39, 0.29) is 15.9 Å². The van der Waals surface area contributed by atoms with Gasteiger partial charge in [0, 0.05) is 0 Å². The Bertz CT molecular complexity index is 520. The molecule has 9 heteroatoms. The maximum atomic E-state index is 11.9. The number of esters is 1. The fourth-order valence-corrected chi connectivity index (χ4v) is 3.59. The largest absolute Gasteiger partial charge is 0.464 e. The topological polar surface area (TPSA) is 94.6 Å². The van der Waals surface area contributed by atoms with Gasteiger partial charge in [0.1, 0.15) is 0 Å². The van der Waals surface area contributed by atoms with Crippen molar-refractivity contribution in [3.05, 3.63) is 11.2 Å². The first-order chi connectivity index (χ1) is 8.04. The van der Waals surface area contributed by atoms with Gasteiger partial charge in [-0.3, -0.25) is 0 Å². The van der Waals surface area contributed by atoms with E-state index in [2.05, 4.69) is 14.4 Å². The molecule has 0 radical (unpaired) electrons. The Morgan fingerprint density at radius 1 is 1.65 bits per heavy atom. The van der Waals surface area contributed by atoms with Gasteiger partial charge >= 0.3 is 5.97 Å². The molecule has 0 saturated carbocycles. The van der Waals surface area contributed by atoms with Crippen LogP contribution in [0, 0.1) is 0 Å². The van der Waals surface area contributed by atoms with Crippen LogP contribution in [0.25, 0.3) is 0 Å². The quantitative estimate of drug-likeness (QED) is 0.754. The molecule has 94 valence electrons. The Morgan fingerprint density at radius 2 is 2.35 bits per heavy atom. The van der Waals surface area contributed by atoms with Gasteiger partial charge < -0.3 is 9.47 Å². The molecular formula is C8H10N2O5S2. The first-order valence-electron chi connectivity index (χ1n) is 4.66. The molecule has 17 heavy (non-hydrogen) atoms. The zero-order valence-corrected chi connectivity index (χ0v) is 10.5.